The van der Waals surface area contributed by atoms with Gasteiger partial charge in [-0.1, -0.05) is 48.5 Å². The van der Waals surface area contributed by atoms with Gasteiger partial charge in [-0.3, -0.25) is 4.98 Å². The lowest BCUT2D eigenvalue weighted by atomic mass is 10.1. The summed E-state index contributed by atoms with van der Waals surface area (Å²) in [5.41, 5.74) is 4.64. The predicted molar refractivity (Wildman–Crippen MR) is 87.5 cm³/mol. The molecule has 22 heavy (non-hydrogen) atoms. The molecule has 0 radical (unpaired) electrons. The van der Waals surface area contributed by atoms with Gasteiger partial charge in [0.25, 0.3) is 0 Å². The molecule has 3 heteroatoms. The van der Waals surface area contributed by atoms with Gasteiger partial charge in [0.05, 0.1) is 17.7 Å². The van der Waals surface area contributed by atoms with Gasteiger partial charge in [0, 0.05) is 24.5 Å². The van der Waals surface area contributed by atoms with Gasteiger partial charge < -0.3 is 10.4 Å². The molecule has 0 bridgehead atoms. The molecule has 1 aliphatic rings. The smallest absolute Gasteiger partial charge is 0.0775 e. The zero-order valence-corrected chi connectivity index (χ0v) is 12.2. The first kappa shape index (κ1) is 13.4. The van der Waals surface area contributed by atoms with Crippen molar-refractivity contribution in [3.63, 3.8) is 0 Å². The summed E-state index contributed by atoms with van der Waals surface area (Å²) in [5, 5.41) is 15.0. The number of nitrogens with zero attached hydrogens (tertiary/aromatic N) is 1. The maximum Gasteiger partial charge on any atom is 0.0775 e. The summed E-state index contributed by atoms with van der Waals surface area (Å²) in [5.74, 6) is 0. The zero-order valence-electron chi connectivity index (χ0n) is 12.2. The number of pyridine rings is 1. The van der Waals surface area contributed by atoms with Gasteiger partial charge in [-0.25, -0.2) is 0 Å². The number of aliphatic hydroxyl groups excluding tert-OH is 1. The first-order valence-corrected chi connectivity index (χ1v) is 7.65. The highest BCUT2D eigenvalue weighted by Crippen LogP contribution is 2.31. The first-order chi connectivity index (χ1) is 10.8. The Morgan fingerprint density at radius 3 is 2.86 bits per heavy atom. The summed E-state index contributed by atoms with van der Waals surface area (Å²) in [6.45, 7) is 0.699. The van der Waals surface area contributed by atoms with Crippen LogP contribution in [0.3, 0.4) is 0 Å². The molecule has 4 rings (SSSR count). The third-order valence-electron chi connectivity index (χ3n) is 4.43. The van der Waals surface area contributed by atoms with Crippen LogP contribution in [0.25, 0.3) is 10.9 Å². The zero-order chi connectivity index (χ0) is 14.9. The van der Waals surface area contributed by atoms with Gasteiger partial charge in [0.2, 0.25) is 0 Å². The Hall–Kier alpha value is -2.23. The van der Waals surface area contributed by atoms with E-state index in [1.807, 2.05) is 24.4 Å². The molecule has 2 unspecified atom stereocenters. The van der Waals surface area contributed by atoms with E-state index in [1.165, 1.54) is 11.1 Å². The number of nitrogens with one attached hydrogen (secondary N) is 1. The van der Waals surface area contributed by atoms with Gasteiger partial charge >= 0.3 is 0 Å². The second-order valence-corrected chi connectivity index (χ2v) is 5.82. The third kappa shape index (κ3) is 2.28. The molecule has 0 aliphatic heterocycles. The third-order valence-corrected chi connectivity index (χ3v) is 4.43. The summed E-state index contributed by atoms with van der Waals surface area (Å²) in [6.07, 6.45) is 2.19. The summed E-state index contributed by atoms with van der Waals surface area (Å²) >= 11 is 0. The summed E-state index contributed by atoms with van der Waals surface area (Å²) < 4.78 is 0. The molecule has 0 saturated heterocycles. The van der Waals surface area contributed by atoms with Crippen molar-refractivity contribution in [1.29, 1.82) is 0 Å². The lowest BCUT2D eigenvalue weighted by Crippen LogP contribution is -2.28. The standard InChI is InChI=1S/C19H18N2O/c22-17-11-14-5-1-2-9-16(14)19(17)21-12-15-7-3-6-13-8-4-10-20-18(13)15/h1-10,17,19,21-22H,11-12H2. The van der Waals surface area contributed by atoms with E-state index in [0.29, 0.717) is 6.54 Å². The molecule has 0 spiro atoms. The molecule has 2 atom stereocenters. The van der Waals surface area contributed by atoms with Crippen LogP contribution in [0.2, 0.25) is 0 Å². The Morgan fingerprint density at radius 1 is 1.05 bits per heavy atom. The maximum atomic E-state index is 10.3. The van der Waals surface area contributed by atoms with E-state index in [9.17, 15) is 5.11 Å². The van der Waals surface area contributed by atoms with E-state index >= 15 is 0 Å². The van der Waals surface area contributed by atoms with Crippen molar-refractivity contribution in [1.82, 2.24) is 10.3 Å². The van der Waals surface area contributed by atoms with E-state index in [-0.39, 0.29) is 12.1 Å². The van der Waals surface area contributed by atoms with E-state index in [0.717, 1.165) is 22.9 Å². The SMILES string of the molecule is OC1Cc2ccccc2C1NCc1cccc2cccnc12. The average Bonchev–Trinajstić information content (AvgIpc) is 2.88. The minimum Gasteiger partial charge on any atom is -0.391 e. The predicted octanol–water partition coefficient (Wildman–Crippen LogP) is 2.98. The second kappa shape index (κ2) is 5.52. The first-order valence-electron chi connectivity index (χ1n) is 7.65. The lowest BCUT2D eigenvalue weighted by Gasteiger charge is -2.18. The fourth-order valence-corrected chi connectivity index (χ4v) is 3.35. The van der Waals surface area contributed by atoms with Gasteiger partial charge in [-0.05, 0) is 22.8 Å². The minimum atomic E-state index is -0.361. The molecule has 2 aromatic carbocycles. The summed E-state index contributed by atoms with van der Waals surface area (Å²) in [4.78, 5) is 4.49. The van der Waals surface area contributed by atoms with Crippen LogP contribution in [-0.4, -0.2) is 16.2 Å². The van der Waals surface area contributed by atoms with Crippen molar-refractivity contribution in [2.75, 3.05) is 0 Å². The van der Waals surface area contributed by atoms with Gasteiger partial charge in [-0.2, -0.15) is 0 Å². The Kier molecular flexibility index (Phi) is 3.37. The molecule has 1 heterocycles. The van der Waals surface area contributed by atoms with E-state index < -0.39 is 0 Å². The Balaban J connectivity index is 1.60. The monoisotopic (exact) mass is 290 g/mol. The number of aliphatic hydroxyl groups is 1. The summed E-state index contributed by atoms with van der Waals surface area (Å²) in [7, 11) is 0. The topological polar surface area (TPSA) is 45.1 Å². The number of benzene rings is 2. The lowest BCUT2D eigenvalue weighted by molar-refractivity contribution is 0.140. The second-order valence-electron chi connectivity index (χ2n) is 5.82. The summed E-state index contributed by atoms with van der Waals surface area (Å²) in [6, 6.07) is 18.5. The van der Waals surface area contributed by atoms with Crippen LogP contribution in [0, 0.1) is 0 Å². The van der Waals surface area contributed by atoms with Crippen molar-refractivity contribution in [3.05, 3.63) is 77.5 Å². The quantitative estimate of drug-likeness (QED) is 0.779. The molecule has 110 valence electrons. The van der Waals surface area contributed by atoms with Crippen LogP contribution in [0.1, 0.15) is 22.7 Å². The molecular formula is C19H18N2O. The van der Waals surface area contributed by atoms with Crippen molar-refractivity contribution in [2.24, 2.45) is 0 Å². The number of rotatable bonds is 3. The number of para-hydroxylation sites is 1. The highest BCUT2D eigenvalue weighted by Gasteiger charge is 2.30. The molecule has 1 aromatic heterocycles. The van der Waals surface area contributed by atoms with E-state index in [4.69, 9.17) is 0 Å². The molecule has 1 aliphatic carbocycles. The van der Waals surface area contributed by atoms with Crippen molar-refractivity contribution < 1.29 is 5.11 Å². The Labute approximate surface area is 129 Å². The van der Waals surface area contributed by atoms with Gasteiger partial charge in [-0.15, -0.1) is 0 Å². The highest BCUT2D eigenvalue weighted by atomic mass is 16.3. The van der Waals surface area contributed by atoms with Crippen LogP contribution in [0.4, 0.5) is 0 Å². The fourth-order valence-electron chi connectivity index (χ4n) is 3.35. The fraction of sp³-hybridized carbons (Fsp3) is 0.211. The Bertz CT molecular complexity index is 810. The Morgan fingerprint density at radius 2 is 1.91 bits per heavy atom. The van der Waals surface area contributed by atoms with Crippen molar-refractivity contribution in [2.45, 2.75) is 25.1 Å². The molecule has 3 aromatic rings. The largest absolute Gasteiger partial charge is 0.391 e. The van der Waals surface area contributed by atoms with Gasteiger partial charge in [0.1, 0.15) is 0 Å². The average molecular weight is 290 g/mol. The van der Waals surface area contributed by atoms with Crippen LogP contribution in [0.5, 0.6) is 0 Å². The minimum absolute atomic E-state index is 0.00447. The normalized spacial score (nSPS) is 20.2. The van der Waals surface area contributed by atoms with Crippen LogP contribution >= 0.6 is 0 Å². The van der Waals surface area contributed by atoms with Crippen molar-refractivity contribution in [3.8, 4) is 0 Å². The van der Waals surface area contributed by atoms with Crippen LogP contribution < -0.4 is 5.32 Å². The van der Waals surface area contributed by atoms with Crippen molar-refractivity contribution >= 4 is 10.9 Å². The van der Waals surface area contributed by atoms with Gasteiger partial charge in [0.15, 0.2) is 0 Å². The molecule has 2 N–H and O–H groups in total. The molecular weight excluding hydrogens is 272 g/mol. The van der Waals surface area contributed by atoms with Crippen LogP contribution in [0.15, 0.2) is 60.8 Å². The molecule has 0 saturated carbocycles. The van der Waals surface area contributed by atoms with E-state index in [1.54, 1.807) is 0 Å². The highest BCUT2D eigenvalue weighted by molar-refractivity contribution is 5.81. The van der Waals surface area contributed by atoms with Crippen LogP contribution in [-0.2, 0) is 13.0 Å². The number of fused-ring (bicyclic) bond motifs is 2. The van der Waals surface area contributed by atoms with E-state index in [2.05, 4.69) is 46.7 Å². The number of hydrogen-bond donors (Lipinski definition) is 2. The number of aromatic nitrogens is 1. The molecule has 0 fully saturated rings. The number of hydrogen-bond acceptors (Lipinski definition) is 3. The molecule has 0 amide bonds. The molecule has 3 nitrogen and oxygen atoms in total. The maximum absolute atomic E-state index is 10.3.